The van der Waals surface area contributed by atoms with Gasteiger partial charge in [0.05, 0.1) is 10.5 Å². The van der Waals surface area contributed by atoms with Crippen LogP contribution in [0.25, 0.3) is 0 Å². The number of anilines is 1. The first-order valence-electron chi connectivity index (χ1n) is 9.98. The molecular formula is C22H26N2O4S. The topological polar surface area (TPSA) is 95.5 Å². The largest absolute Gasteiger partial charge is 0.386 e. The van der Waals surface area contributed by atoms with Gasteiger partial charge in [-0.1, -0.05) is 18.2 Å². The summed E-state index contributed by atoms with van der Waals surface area (Å²) >= 11 is 0. The Labute approximate surface area is 171 Å². The molecule has 0 atom stereocenters. The summed E-state index contributed by atoms with van der Waals surface area (Å²) in [6.07, 6.45) is 5.91. The molecule has 0 fully saturated rings. The number of carbonyl (C=O) groups is 1. The van der Waals surface area contributed by atoms with Crippen LogP contribution in [-0.2, 0) is 41.3 Å². The molecule has 2 amide bonds. The van der Waals surface area contributed by atoms with Crippen LogP contribution in [0.1, 0.15) is 54.5 Å². The van der Waals surface area contributed by atoms with Crippen molar-refractivity contribution < 1.29 is 18.3 Å². The molecule has 0 heterocycles. The van der Waals surface area contributed by atoms with Gasteiger partial charge in [0.15, 0.2) is 0 Å². The summed E-state index contributed by atoms with van der Waals surface area (Å²) in [4.78, 5) is 12.6. The average molecular weight is 415 g/mol. The van der Waals surface area contributed by atoms with Crippen molar-refractivity contribution in [2.45, 2.75) is 62.9 Å². The standard InChI is InChI=1S/C22H26N2O4S/c1-22(2,26)16-8-5-9-17(13-16)29(27,28)24-21(25)23-20-18-10-3-6-14(18)12-15-7-4-11-19(15)20/h5,8-9,12-13,26H,3-4,6-7,10-11H2,1-2H3,(H2,23,24,25). The molecule has 2 aliphatic carbocycles. The Kier molecular flexibility index (Phi) is 4.91. The van der Waals surface area contributed by atoms with Gasteiger partial charge in [-0.3, -0.25) is 0 Å². The van der Waals surface area contributed by atoms with Gasteiger partial charge in [0, 0.05) is 5.69 Å². The van der Waals surface area contributed by atoms with E-state index in [4.69, 9.17) is 0 Å². The molecular weight excluding hydrogens is 388 g/mol. The van der Waals surface area contributed by atoms with Crippen molar-refractivity contribution in [3.63, 3.8) is 0 Å². The Balaban J connectivity index is 1.59. The average Bonchev–Trinajstić information content (AvgIpc) is 3.29. The van der Waals surface area contributed by atoms with Gasteiger partial charge >= 0.3 is 6.03 Å². The minimum absolute atomic E-state index is 0.0594. The molecule has 29 heavy (non-hydrogen) atoms. The number of aryl methyl sites for hydroxylation is 2. The SMILES string of the molecule is CC(C)(O)c1cccc(S(=O)(=O)NC(=O)Nc2c3c(cc4c2CCC4)CCC3)c1. The number of fused-ring (bicyclic) bond motifs is 2. The quantitative estimate of drug-likeness (QED) is 0.714. The molecule has 0 aliphatic heterocycles. The molecule has 154 valence electrons. The van der Waals surface area contributed by atoms with Gasteiger partial charge < -0.3 is 10.4 Å². The number of aliphatic hydroxyl groups is 1. The fourth-order valence-corrected chi connectivity index (χ4v) is 5.28. The van der Waals surface area contributed by atoms with Crippen LogP contribution in [0, 0.1) is 0 Å². The Morgan fingerprint density at radius 2 is 1.62 bits per heavy atom. The van der Waals surface area contributed by atoms with E-state index in [2.05, 4.69) is 16.1 Å². The Morgan fingerprint density at radius 3 is 2.21 bits per heavy atom. The molecule has 0 radical (unpaired) electrons. The molecule has 2 aromatic carbocycles. The highest BCUT2D eigenvalue weighted by molar-refractivity contribution is 7.90. The molecule has 0 saturated carbocycles. The van der Waals surface area contributed by atoms with Gasteiger partial charge in [-0.05, 0) is 92.3 Å². The summed E-state index contributed by atoms with van der Waals surface area (Å²) in [5.41, 5.74) is 4.89. The lowest BCUT2D eigenvalue weighted by atomic mass is 9.99. The zero-order chi connectivity index (χ0) is 20.8. The van der Waals surface area contributed by atoms with E-state index in [-0.39, 0.29) is 4.90 Å². The molecule has 7 heteroatoms. The summed E-state index contributed by atoms with van der Waals surface area (Å²) in [5.74, 6) is 0. The minimum atomic E-state index is -4.06. The molecule has 4 rings (SSSR count). The monoisotopic (exact) mass is 414 g/mol. The predicted octanol–water partition coefficient (Wildman–Crippen LogP) is 3.40. The highest BCUT2D eigenvalue weighted by Crippen LogP contribution is 2.38. The second kappa shape index (κ2) is 7.15. The van der Waals surface area contributed by atoms with Crippen LogP contribution in [0.4, 0.5) is 10.5 Å². The van der Waals surface area contributed by atoms with Crippen molar-refractivity contribution in [3.05, 3.63) is 58.1 Å². The van der Waals surface area contributed by atoms with Crippen LogP contribution in [0.3, 0.4) is 0 Å². The van der Waals surface area contributed by atoms with Crippen molar-refractivity contribution >= 4 is 21.7 Å². The van der Waals surface area contributed by atoms with Crippen LogP contribution in [-0.4, -0.2) is 19.6 Å². The maximum Gasteiger partial charge on any atom is 0.333 e. The van der Waals surface area contributed by atoms with Crippen LogP contribution < -0.4 is 10.0 Å². The number of hydrogen-bond donors (Lipinski definition) is 3. The van der Waals surface area contributed by atoms with Gasteiger partial charge in [0.25, 0.3) is 10.0 Å². The molecule has 2 aromatic rings. The molecule has 0 spiro atoms. The number of sulfonamides is 1. The Morgan fingerprint density at radius 1 is 1.00 bits per heavy atom. The van der Waals surface area contributed by atoms with Gasteiger partial charge in [0.1, 0.15) is 0 Å². The second-order valence-electron chi connectivity index (χ2n) is 8.38. The number of urea groups is 1. The molecule has 0 unspecified atom stereocenters. The number of rotatable bonds is 4. The van der Waals surface area contributed by atoms with Crippen LogP contribution in [0.2, 0.25) is 0 Å². The van der Waals surface area contributed by atoms with E-state index in [1.54, 1.807) is 26.0 Å². The van der Waals surface area contributed by atoms with Crippen molar-refractivity contribution in [1.82, 2.24) is 4.72 Å². The van der Waals surface area contributed by atoms with E-state index in [9.17, 15) is 18.3 Å². The van der Waals surface area contributed by atoms with E-state index >= 15 is 0 Å². The summed E-state index contributed by atoms with van der Waals surface area (Å²) in [6.45, 7) is 3.16. The maximum absolute atomic E-state index is 12.7. The molecule has 2 aliphatic rings. The van der Waals surface area contributed by atoms with E-state index in [0.717, 1.165) is 55.3 Å². The van der Waals surface area contributed by atoms with Gasteiger partial charge in [0.2, 0.25) is 0 Å². The fourth-order valence-electron chi connectivity index (χ4n) is 4.33. The van der Waals surface area contributed by atoms with Crippen molar-refractivity contribution in [2.75, 3.05) is 5.32 Å². The van der Waals surface area contributed by atoms with Crippen molar-refractivity contribution in [3.8, 4) is 0 Å². The van der Waals surface area contributed by atoms with E-state index < -0.39 is 21.7 Å². The predicted molar refractivity (Wildman–Crippen MR) is 112 cm³/mol. The first-order chi connectivity index (χ1) is 13.6. The first kappa shape index (κ1) is 19.9. The Bertz CT molecular complexity index is 1050. The zero-order valence-corrected chi connectivity index (χ0v) is 17.5. The zero-order valence-electron chi connectivity index (χ0n) is 16.7. The molecule has 6 nitrogen and oxygen atoms in total. The highest BCUT2D eigenvalue weighted by Gasteiger charge is 2.27. The smallest absolute Gasteiger partial charge is 0.333 e. The van der Waals surface area contributed by atoms with Crippen LogP contribution in [0.15, 0.2) is 35.2 Å². The summed E-state index contributed by atoms with van der Waals surface area (Å²) in [7, 11) is -4.06. The van der Waals surface area contributed by atoms with Crippen LogP contribution >= 0.6 is 0 Å². The number of amides is 2. The van der Waals surface area contributed by atoms with Gasteiger partial charge in [-0.2, -0.15) is 0 Å². The lowest BCUT2D eigenvalue weighted by molar-refractivity contribution is 0.0784. The minimum Gasteiger partial charge on any atom is -0.386 e. The molecule has 0 saturated heterocycles. The molecule has 0 aromatic heterocycles. The number of benzene rings is 2. The third-order valence-electron chi connectivity index (χ3n) is 5.79. The van der Waals surface area contributed by atoms with Gasteiger partial charge in [-0.25, -0.2) is 17.9 Å². The number of carbonyl (C=O) groups excluding carboxylic acids is 1. The third-order valence-corrected chi connectivity index (χ3v) is 7.12. The van der Waals surface area contributed by atoms with E-state index in [0.29, 0.717) is 5.56 Å². The maximum atomic E-state index is 12.7. The first-order valence-corrected chi connectivity index (χ1v) is 11.5. The van der Waals surface area contributed by atoms with Crippen molar-refractivity contribution in [1.29, 1.82) is 0 Å². The van der Waals surface area contributed by atoms with E-state index in [1.807, 2.05) is 0 Å². The second-order valence-corrected chi connectivity index (χ2v) is 10.1. The summed E-state index contributed by atoms with van der Waals surface area (Å²) < 4.78 is 27.6. The Hall–Kier alpha value is -2.38. The molecule has 0 bridgehead atoms. The van der Waals surface area contributed by atoms with Gasteiger partial charge in [-0.15, -0.1) is 0 Å². The lowest BCUT2D eigenvalue weighted by Crippen LogP contribution is -2.35. The lowest BCUT2D eigenvalue weighted by Gasteiger charge is -2.19. The third kappa shape index (κ3) is 3.89. The fraction of sp³-hybridized carbons (Fsp3) is 0.409. The van der Waals surface area contributed by atoms with Crippen molar-refractivity contribution in [2.24, 2.45) is 0 Å². The van der Waals surface area contributed by atoms with E-state index in [1.165, 1.54) is 23.3 Å². The van der Waals surface area contributed by atoms with Crippen LogP contribution in [0.5, 0.6) is 0 Å². The highest BCUT2D eigenvalue weighted by atomic mass is 32.2. The normalized spacial score (nSPS) is 15.7. The number of hydrogen-bond acceptors (Lipinski definition) is 4. The summed E-state index contributed by atoms with van der Waals surface area (Å²) in [6, 6.07) is 7.49. The number of nitrogens with one attached hydrogen (secondary N) is 2. The molecule has 3 N–H and O–H groups in total. The summed E-state index contributed by atoms with van der Waals surface area (Å²) in [5, 5.41) is 13.0.